The van der Waals surface area contributed by atoms with E-state index in [1.807, 2.05) is 101 Å². The maximum absolute atomic E-state index is 8.95. The molecule has 0 spiro atoms. The van der Waals surface area contributed by atoms with Crippen LogP contribution in [0.25, 0.3) is 31.0 Å². The summed E-state index contributed by atoms with van der Waals surface area (Å²) in [6.07, 6.45) is 5.00. The first-order chi connectivity index (χ1) is 26.0. The van der Waals surface area contributed by atoms with Gasteiger partial charge in [-0.2, -0.15) is 0 Å². The average Bonchev–Trinajstić information content (AvgIpc) is 3.94. The van der Waals surface area contributed by atoms with Crippen LogP contribution in [-0.2, 0) is 27.9 Å². The van der Waals surface area contributed by atoms with Gasteiger partial charge in [0, 0.05) is 28.4 Å². The van der Waals surface area contributed by atoms with E-state index in [1.165, 1.54) is 28.9 Å². The second-order valence-corrected chi connectivity index (χ2v) is 19.9. The number of rotatable bonds is 2. The first kappa shape index (κ1) is 42.9. The second-order valence-electron chi connectivity index (χ2n) is 16.5. The smallest absolute Gasteiger partial charge is 0.496 e. The van der Waals surface area contributed by atoms with E-state index in [-0.39, 0.29) is 46.5 Å². The van der Waals surface area contributed by atoms with Gasteiger partial charge in [0.2, 0.25) is 0 Å². The van der Waals surface area contributed by atoms with E-state index >= 15 is 0 Å². The van der Waals surface area contributed by atoms with Gasteiger partial charge in [0.15, 0.2) is 0 Å². The van der Waals surface area contributed by atoms with Crippen molar-refractivity contribution in [3.8, 4) is 5.75 Å². The Morgan fingerprint density at radius 2 is 0.839 bits per heavy atom. The summed E-state index contributed by atoms with van der Waals surface area (Å²) in [6, 6.07) is 5.54. The number of aromatic nitrogens is 6. The summed E-state index contributed by atoms with van der Waals surface area (Å²) in [6.45, 7) is 24.4. The molecule has 0 aliphatic carbocycles. The van der Waals surface area contributed by atoms with Crippen LogP contribution in [0.2, 0.25) is 0 Å². The van der Waals surface area contributed by atoms with Gasteiger partial charge in [0.1, 0.15) is 31.3 Å². The highest BCUT2D eigenvalue weighted by molar-refractivity contribution is 9.10. The van der Waals surface area contributed by atoms with Crippen molar-refractivity contribution in [3.63, 3.8) is 0 Å². The SMILES string of the molecule is Brc1cnc2scnc2c1.CC1(C)OB(B2OC(C)(C)C(C)(C)O2)OC1(C)C.CC1(C)OB(c2cnc3scnc3c2)OC1(C)C.Oc1cnc2scnc2c1. The molecule has 3 aliphatic rings. The molecule has 56 heavy (non-hydrogen) atoms. The molecule has 0 amide bonds. The van der Waals surface area contributed by atoms with E-state index < -0.39 is 14.0 Å². The summed E-state index contributed by atoms with van der Waals surface area (Å²) >= 11 is 7.87. The summed E-state index contributed by atoms with van der Waals surface area (Å²) < 4.78 is 36.8. The zero-order valence-electron chi connectivity index (χ0n) is 33.6. The fourth-order valence-corrected chi connectivity index (χ4v) is 7.51. The highest BCUT2D eigenvalue weighted by Crippen LogP contribution is 2.43. The van der Waals surface area contributed by atoms with E-state index in [2.05, 4.69) is 45.8 Å². The van der Waals surface area contributed by atoms with Gasteiger partial charge >= 0.3 is 21.1 Å². The van der Waals surface area contributed by atoms with Crippen LogP contribution in [0.5, 0.6) is 5.75 Å². The highest BCUT2D eigenvalue weighted by atomic mass is 79.9. The third-order valence-electron chi connectivity index (χ3n) is 10.8. The van der Waals surface area contributed by atoms with Gasteiger partial charge in [-0.3, -0.25) is 0 Å². The van der Waals surface area contributed by atoms with Crippen molar-refractivity contribution in [1.82, 2.24) is 29.9 Å². The van der Waals surface area contributed by atoms with Gasteiger partial charge in [-0.15, -0.1) is 34.0 Å². The normalized spacial score (nSPS) is 21.0. The van der Waals surface area contributed by atoms with Crippen LogP contribution in [0.3, 0.4) is 0 Å². The van der Waals surface area contributed by atoms with Crippen LogP contribution in [-0.4, -0.2) is 89.8 Å². The van der Waals surface area contributed by atoms with E-state index in [0.29, 0.717) is 0 Å². The van der Waals surface area contributed by atoms with Gasteiger partial charge in [0.05, 0.1) is 61.9 Å². The summed E-state index contributed by atoms with van der Waals surface area (Å²) in [5, 5.41) is 8.95. The van der Waals surface area contributed by atoms with Crippen molar-refractivity contribution in [2.45, 2.75) is 117 Å². The summed E-state index contributed by atoms with van der Waals surface area (Å²) in [7, 11) is -1.32. The Hall–Kier alpha value is -2.65. The summed E-state index contributed by atoms with van der Waals surface area (Å²) in [5.74, 6) is 0.165. The predicted octanol–water partition coefficient (Wildman–Crippen LogP) is 8.09. The molecule has 6 aromatic heterocycles. The molecule has 13 nitrogen and oxygen atoms in total. The molecule has 9 heterocycles. The third-order valence-corrected chi connectivity index (χ3v) is 13.5. The number of nitrogens with zero attached hydrogens (tertiary/aromatic N) is 6. The van der Waals surface area contributed by atoms with Gasteiger partial charge in [-0.25, -0.2) is 29.9 Å². The number of hydrogen-bond donors (Lipinski definition) is 1. The van der Waals surface area contributed by atoms with Crippen LogP contribution >= 0.6 is 49.9 Å². The van der Waals surface area contributed by atoms with Gasteiger partial charge < -0.3 is 33.0 Å². The van der Waals surface area contributed by atoms with E-state index in [1.54, 1.807) is 40.1 Å². The van der Waals surface area contributed by atoms with Crippen LogP contribution in [0, 0.1) is 0 Å². The molecule has 3 saturated heterocycles. The van der Waals surface area contributed by atoms with Gasteiger partial charge in [0.25, 0.3) is 0 Å². The Bertz CT molecular complexity index is 2150. The minimum absolute atomic E-state index is 0.165. The molecule has 0 aromatic carbocycles. The Kier molecular flexibility index (Phi) is 12.2. The molecule has 9 rings (SSSR count). The van der Waals surface area contributed by atoms with E-state index in [4.69, 9.17) is 33.0 Å². The Morgan fingerprint density at radius 1 is 0.482 bits per heavy atom. The zero-order valence-corrected chi connectivity index (χ0v) is 37.6. The zero-order chi connectivity index (χ0) is 40.9. The number of halogens is 1. The van der Waals surface area contributed by atoms with Crippen LogP contribution < -0.4 is 5.46 Å². The molecule has 0 radical (unpaired) electrons. The maximum Gasteiger partial charge on any atom is 0.496 e. The summed E-state index contributed by atoms with van der Waals surface area (Å²) in [4.78, 5) is 27.6. The highest BCUT2D eigenvalue weighted by Gasteiger charge is 2.63. The number of thiazole rings is 3. The lowest BCUT2D eigenvalue weighted by atomic mass is 9.49. The topological polar surface area (TPSA) is 153 Å². The average molecular weight is 883 g/mol. The monoisotopic (exact) mass is 882 g/mol. The molecule has 3 fully saturated rings. The molecule has 0 atom stereocenters. The lowest BCUT2D eigenvalue weighted by molar-refractivity contribution is 0.00578. The maximum atomic E-state index is 8.95. The first-order valence-electron chi connectivity index (χ1n) is 18.0. The third kappa shape index (κ3) is 9.14. The Morgan fingerprint density at radius 3 is 1.29 bits per heavy atom. The molecule has 6 aromatic rings. The van der Waals surface area contributed by atoms with Crippen molar-refractivity contribution in [2.24, 2.45) is 0 Å². The quantitative estimate of drug-likeness (QED) is 0.167. The standard InChI is InChI=1S/C12H24B2O4.C12H15BN2O2S.C6H3BrN2S.C6H4N2OS/c1-9(2)10(3,4)16-13(15-9)14-17-11(5,6)12(7,8)18-14;1-11(2)12(3,4)17-13(16-11)8-5-9-10(14-6-8)18-7-15-9;7-4-1-5-6(8-2-4)10-3-9-5;9-4-1-5-6(7-2-4)10-3-8-5/h1-8H3;5-7H,1-4H3;1-3H;1-3,9H. The first-order valence-corrected chi connectivity index (χ1v) is 21.4. The Balaban J connectivity index is 0.000000131. The fourth-order valence-electron chi connectivity index (χ4n) is 5.36. The largest absolute Gasteiger partial charge is 0.506 e. The summed E-state index contributed by atoms with van der Waals surface area (Å²) in [5.41, 5.74) is 6.74. The second kappa shape index (κ2) is 15.8. The molecule has 3 aliphatic heterocycles. The van der Waals surface area contributed by atoms with E-state index in [9.17, 15) is 0 Å². The molecule has 0 bridgehead atoms. The van der Waals surface area contributed by atoms with Crippen LogP contribution in [0.4, 0.5) is 0 Å². The predicted molar refractivity (Wildman–Crippen MR) is 229 cm³/mol. The molecular formula is C36H46B3BrN6O7S3. The Labute approximate surface area is 348 Å². The van der Waals surface area contributed by atoms with Crippen molar-refractivity contribution >= 4 is 108 Å². The van der Waals surface area contributed by atoms with Crippen molar-refractivity contribution in [2.75, 3.05) is 0 Å². The van der Waals surface area contributed by atoms with Crippen molar-refractivity contribution < 1.29 is 33.0 Å². The van der Waals surface area contributed by atoms with Crippen molar-refractivity contribution in [3.05, 3.63) is 57.8 Å². The van der Waals surface area contributed by atoms with Crippen LogP contribution in [0.1, 0.15) is 83.1 Å². The molecule has 1 N–H and O–H groups in total. The molecular weight excluding hydrogens is 837 g/mol. The van der Waals surface area contributed by atoms with Crippen LogP contribution in [0.15, 0.2) is 57.8 Å². The number of fused-ring (bicyclic) bond motifs is 3. The minimum atomic E-state index is -0.476. The van der Waals surface area contributed by atoms with Gasteiger partial charge in [-0.05, 0) is 111 Å². The van der Waals surface area contributed by atoms with Crippen molar-refractivity contribution in [1.29, 1.82) is 0 Å². The lowest BCUT2D eigenvalue weighted by Crippen LogP contribution is -2.41. The molecule has 20 heteroatoms. The minimum Gasteiger partial charge on any atom is -0.506 e. The number of pyridine rings is 3. The fraction of sp³-hybridized carbons (Fsp3) is 0.500. The molecule has 0 unspecified atom stereocenters. The number of hydrogen-bond acceptors (Lipinski definition) is 16. The van der Waals surface area contributed by atoms with Gasteiger partial charge in [-0.1, -0.05) is 0 Å². The van der Waals surface area contributed by atoms with E-state index in [0.717, 1.165) is 41.0 Å². The molecule has 296 valence electrons. The lowest BCUT2D eigenvalue weighted by Gasteiger charge is -2.32. The molecule has 0 saturated carbocycles. The number of aromatic hydroxyl groups is 1.